The molecule has 1 aromatic carbocycles. The number of quaternary nitrogens is 1. The van der Waals surface area contributed by atoms with Gasteiger partial charge in [0.2, 0.25) is 5.91 Å². The van der Waals surface area contributed by atoms with Crippen LogP contribution >= 0.6 is 0 Å². The van der Waals surface area contributed by atoms with E-state index >= 15 is 0 Å². The van der Waals surface area contributed by atoms with E-state index in [2.05, 4.69) is 6.92 Å². The van der Waals surface area contributed by atoms with Crippen LogP contribution in [0.1, 0.15) is 26.2 Å². The number of rotatable bonds is 2. The normalized spacial score (nSPS) is 30.0. The first-order valence-electron chi connectivity index (χ1n) is 7.53. The second kappa shape index (κ2) is 5.56. The molecular weight excluding hydrogens is 271 g/mol. The van der Waals surface area contributed by atoms with Gasteiger partial charge >= 0.3 is 0 Å². The predicted molar refractivity (Wildman–Crippen MR) is 76.4 cm³/mol. The second-order valence-electron chi connectivity index (χ2n) is 6.16. The third-order valence-electron chi connectivity index (χ3n) is 4.53. The monoisotopic (exact) mass is 291 g/mol. The van der Waals surface area contributed by atoms with E-state index in [1.54, 1.807) is 0 Å². The number of anilines is 1. The number of likely N-dealkylation sites (tertiary alicyclic amines) is 1. The molecule has 1 aromatic rings. The zero-order chi connectivity index (χ0) is 15.0. The van der Waals surface area contributed by atoms with Crippen molar-refractivity contribution in [3.63, 3.8) is 0 Å². The Kier molecular flexibility index (Phi) is 3.76. The van der Waals surface area contributed by atoms with E-state index < -0.39 is 0 Å². The van der Waals surface area contributed by atoms with Crippen molar-refractivity contribution >= 4 is 17.5 Å². The van der Waals surface area contributed by atoms with Crippen LogP contribution in [0.4, 0.5) is 10.1 Å². The highest BCUT2D eigenvalue weighted by Crippen LogP contribution is 2.22. The van der Waals surface area contributed by atoms with E-state index in [1.807, 2.05) is 0 Å². The summed E-state index contributed by atoms with van der Waals surface area (Å²) in [7, 11) is 0. The number of hydrogen-bond donors (Lipinski definition) is 1. The van der Waals surface area contributed by atoms with Crippen LogP contribution < -0.4 is 9.80 Å². The molecule has 2 heterocycles. The molecule has 3 rings (SSSR count). The maximum atomic E-state index is 13.0. The lowest BCUT2D eigenvalue weighted by atomic mass is 9.98. The van der Waals surface area contributed by atoms with Crippen LogP contribution in [0.3, 0.4) is 0 Å². The zero-order valence-corrected chi connectivity index (χ0v) is 12.1. The number of nitrogens with zero attached hydrogens (tertiary/aromatic N) is 1. The SMILES string of the molecule is C[C@H]1CCC[NH+]([C@H]2CC(=O)N(c3ccc(F)cc3)C2=O)C1. The van der Waals surface area contributed by atoms with Gasteiger partial charge in [-0.05, 0) is 37.1 Å². The second-order valence-corrected chi connectivity index (χ2v) is 6.16. The third-order valence-corrected chi connectivity index (χ3v) is 4.53. The van der Waals surface area contributed by atoms with E-state index in [9.17, 15) is 14.0 Å². The Labute approximate surface area is 123 Å². The fraction of sp³-hybridized carbons (Fsp3) is 0.500. The molecule has 0 aliphatic carbocycles. The molecule has 2 amide bonds. The number of halogens is 1. The summed E-state index contributed by atoms with van der Waals surface area (Å²) in [6.45, 7) is 4.09. The summed E-state index contributed by atoms with van der Waals surface area (Å²) in [4.78, 5) is 27.2. The molecule has 0 spiro atoms. The average Bonchev–Trinajstić information content (AvgIpc) is 2.75. The van der Waals surface area contributed by atoms with Gasteiger partial charge in [0.1, 0.15) is 5.82 Å². The van der Waals surface area contributed by atoms with Crippen molar-refractivity contribution in [1.29, 1.82) is 0 Å². The molecular formula is C16H20FN2O2+. The van der Waals surface area contributed by atoms with E-state index in [1.165, 1.54) is 40.5 Å². The van der Waals surface area contributed by atoms with E-state index in [4.69, 9.17) is 0 Å². The number of hydrogen-bond acceptors (Lipinski definition) is 2. The zero-order valence-electron chi connectivity index (χ0n) is 12.1. The Hall–Kier alpha value is -1.75. The van der Waals surface area contributed by atoms with Gasteiger partial charge in [-0.25, -0.2) is 9.29 Å². The summed E-state index contributed by atoms with van der Waals surface area (Å²) in [5, 5.41) is 0. The van der Waals surface area contributed by atoms with E-state index in [0.717, 1.165) is 19.5 Å². The first-order chi connectivity index (χ1) is 10.1. The summed E-state index contributed by atoms with van der Waals surface area (Å²) in [6.07, 6.45) is 2.56. The first-order valence-corrected chi connectivity index (χ1v) is 7.53. The predicted octanol–water partition coefficient (Wildman–Crippen LogP) is 0.772. The fourth-order valence-corrected chi connectivity index (χ4v) is 3.46. The standard InChI is InChI=1S/C16H19FN2O2/c1-11-3-2-8-18(10-11)14-9-15(20)19(16(14)21)13-6-4-12(17)5-7-13/h4-7,11,14H,2-3,8-10H2,1H3/p+1/t11-,14-/m0/s1. The number of nitrogens with one attached hydrogen (secondary N) is 1. The van der Waals surface area contributed by atoms with Gasteiger partial charge in [0.25, 0.3) is 5.91 Å². The van der Waals surface area contributed by atoms with E-state index in [-0.39, 0.29) is 30.1 Å². The average molecular weight is 291 g/mol. The van der Waals surface area contributed by atoms with Gasteiger partial charge in [0.15, 0.2) is 6.04 Å². The van der Waals surface area contributed by atoms with Gasteiger partial charge < -0.3 is 4.90 Å². The lowest BCUT2D eigenvalue weighted by Crippen LogP contribution is -3.18. The van der Waals surface area contributed by atoms with Crippen molar-refractivity contribution in [2.45, 2.75) is 32.2 Å². The Morgan fingerprint density at radius 1 is 1.24 bits per heavy atom. The minimum absolute atomic E-state index is 0.143. The summed E-state index contributed by atoms with van der Waals surface area (Å²) in [5.41, 5.74) is 0.471. The number of piperidine rings is 1. The van der Waals surface area contributed by atoms with Crippen LogP contribution in [0.2, 0.25) is 0 Å². The number of carbonyl (C=O) groups is 2. The Morgan fingerprint density at radius 2 is 1.95 bits per heavy atom. The summed E-state index contributed by atoms with van der Waals surface area (Å²) in [5.74, 6) is -0.0977. The maximum Gasteiger partial charge on any atom is 0.292 e. The molecule has 112 valence electrons. The first kappa shape index (κ1) is 14.2. The molecule has 3 atom stereocenters. The smallest absolute Gasteiger partial charge is 0.292 e. The molecule has 21 heavy (non-hydrogen) atoms. The van der Waals surface area contributed by atoms with Crippen molar-refractivity contribution in [1.82, 2.24) is 0 Å². The number of amides is 2. The highest BCUT2D eigenvalue weighted by atomic mass is 19.1. The van der Waals surface area contributed by atoms with Gasteiger partial charge in [0.05, 0.1) is 25.2 Å². The van der Waals surface area contributed by atoms with Crippen molar-refractivity contribution in [2.24, 2.45) is 5.92 Å². The number of carbonyl (C=O) groups excluding carboxylic acids is 2. The van der Waals surface area contributed by atoms with Crippen LogP contribution in [0.5, 0.6) is 0 Å². The maximum absolute atomic E-state index is 13.0. The molecule has 2 aliphatic heterocycles. The Bertz CT molecular complexity index is 558. The summed E-state index contributed by atoms with van der Waals surface area (Å²) >= 11 is 0. The van der Waals surface area contributed by atoms with Crippen molar-refractivity contribution in [2.75, 3.05) is 18.0 Å². The molecule has 0 bridgehead atoms. The van der Waals surface area contributed by atoms with Crippen LogP contribution in [0.15, 0.2) is 24.3 Å². The van der Waals surface area contributed by atoms with Crippen LogP contribution in [0, 0.1) is 11.7 Å². The molecule has 4 nitrogen and oxygen atoms in total. The summed E-state index contributed by atoms with van der Waals surface area (Å²) < 4.78 is 13.0. The highest BCUT2D eigenvalue weighted by Gasteiger charge is 2.46. The lowest BCUT2D eigenvalue weighted by Gasteiger charge is -2.31. The molecule has 0 saturated carbocycles. The molecule has 1 unspecified atom stereocenters. The van der Waals surface area contributed by atoms with Gasteiger partial charge in [0, 0.05) is 5.92 Å². The van der Waals surface area contributed by atoms with Crippen molar-refractivity contribution in [3.05, 3.63) is 30.1 Å². The molecule has 2 fully saturated rings. The number of benzene rings is 1. The quantitative estimate of drug-likeness (QED) is 0.818. The van der Waals surface area contributed by atoms with Crippen molar-refractivity contribution in [3.8, 4) is 0 Å². The van der Waals surface area contributed by atoms with Gasteiger partial charge in [-0.15, -0.1) is 0 Å². The molecule has 0 aromatic heterocycles. The van der Waals surface area contributed by atoms with Crippen LogP contribution in [-0.2, 0) is 9.59 Å². The van der Waals surface area contributed by atoms with E-state index in [0.29, 0.717) is 11.6 Å². The van der Waals surface area contributed by atoms with Gasteiger partial charge in [-0.1, -0.05) is 6.92 Å². The van der Waals surface area contributed by atoms with Gasteiger partial charge in [-0.3, -0.25) is 9.59 Å². The molecule has 1 N–H and O–H groups in total. The Morgan fingerprint density at radius 3 is 2.62 bits per heavy atom. The Balaban J connectivity index is 1.80. The molecule has 5 heteroatoms. The topological polar surface area (TPSA) is 41.8 Å². The van der Waals surface area contributed by atoms with Gasteiger partial charge in [-0.2, -0.15) is 0 Å². The lowest BCUT2D eigenvalue weighted by molar-refractivity contribution is -0.923. The minimum Gasteiger partial charge on any atom is -0.324 e. The van der Waals surface area contributed by atoms with Crippen molar-refractivity contribution < 1.29 is 18.9 Å². The third kappa shape index (κ3) is 2.70. The molecule has 0 radical (unpaired) electrons. The highest BCUT2D eigenvalue weighted by molar-refractivity contribution is 6.21. The molecule has 2 saturated heterocycles. The van der Waals surface area contributed by atoms with Crippen LogP contribution in [-0.4, -0.2) is 30.9 Å². The largest absolute Gasteiger partial charge is 0.324 e. The summed E-state index contributed by atoms with van der Waals surface area (Å²) in [6, 6.07) is 5.26. The fourth-order valence-electron chi connectivity index (χ4n) is 3.46. The van der Waals surface area contributed by atoms with Crippen LogP contribution in [0.25, 0.3) is 0 Å². The minimum atomic E-state index is -0.370. The molecule has 2 aliphatic rings. The number of imide groups is 1.